The average Bonchev–Trinajstić information content (AvgIpc) is 2.84. The summed E-state index contributed by atoms with van der Waals surface area (Å²) in [7, 11) is 0. The van der Waals surface area contributed by atoms with Crippen molar-refractivity contribution in [3.8, 4) is 17.2 Å². The largest absolute Gasteiger partial charge is 0.486 e. The maximum absolute atomic E-state index is 13.6. The zero-order chi connectivity index (χ0) is 22.9. The second kappa shape index (κ2) is 8.64. The van der Waals surface area contributed by atoms with E-state index in [2.05, 4.69) is 5.32 Å². The van der Waals surface area contributed by atoms with Gasteiger partial charge in [0.05, 0.1) is 22.0 Å². The predicted octanol–water partition coefficient (Wildman–Crippen LogP) is 4.91. The molecule has 4 aromatic rings. The number of amides is 1. The third kappa shape index (κ3) is 3.83. The number of hydrogen-bond acceptors (Lipinski definition) is 4. The smallest absolute Gasteiger partial charge is 0.264 e. The third-order valence-electron chi connectivity index (χ3n) is 5.64. The highest BCUT2D eigenvalue weighted by molar-refractivity contribution is 6.35. The molecule has 7 heteroatoms. The lowest BCUT2D eigenvalue weighted by atomic mass is 10.1. The monoisotopic (exact) mass is 460 g/mol. The van der Waals surface area contributed by atoms with Crippen LogP contribution in [0.1, 0.15) is 29.0 Å². The standard InChI is InChI=1S/C26H21ClN2O4/c1-16(28-25(30)19-10-6-12-22-24(19)33-14-13-32-22)21-15-17-7-5-11-20(27)23(17)26(31)29(21)18-8-3-2-4-9-18/h2-12,15-16H,13-14H2,1H3,(H,28,30). The molecule has 166 valence electrons. The van der Waals surface area contributed by atoms with E-state index >= 15 is 0 Å². The van der Waals surface area contributed by atoms with Gasteiger partial charge in [0.1, 0.15) is 13.2 Å². The zero-order valence-corrected chi connectivity index (χ0v) is 18.6. The van der Waals surface area contributed by atoms with E-state index < -0.39 is 6.04 Å². The van der Waals surface area contributed by atoms with E-state index in [1.807, 2.05) is 49.4 Å². The summed E-state index contributed by atoms with van der Waals surface area (Å²) >= 11 is 6.38. The highest BCUT2D eigenvalue weighted by Gasteiger charge is 2.24. The Balaban J connectivity index is 1.60. The zero-order valence-electron chi connectivity index (χ0n) is 17.9. The summed E-state index contributed by atoms with van der Waals surface area (Å²) < 4.78 is 12.9. The number of ether oxygens (including phenoxy) is 2. The SMILES string of the molecule is CC(NC(=O)c1cccc2c1OCCO2)c1cc2cccc(Cl)c2c(=O)n1-c1ccccc1. The van der Waals surface area contributed by atoms with Gasteiger partial charge in [-0.15, -0.1) is 0 Å². The molecule has 1 N–H and O–H groups in total. The Morgan fingerprint density at radius 3 is 2.58 bits per heavy atom. The minimum absolute atomic E-state index is 0.241. The molecule has 0 fully saturated rings. The van der Waals surface area contributed by atoms with Crippen LogP contribution in [0.4, 0.5) is 0 Å². The van der Waals surface area contributed by atoms with Crippen molar-refractivity contribution < 1.29 is 14.3 Å². The van der Waals surface area contributed by atoms with Crippen molar-refractivity contribution in [1.29, 1.82) is 0 Å². The fourth-order valence-corrected chi connectivity index (χ4v) is 4.37. The number of fused-ring (bicyclic) bond motifs is 2. The highest BCUT2D eigenvalue weighted by Crippen LogP contribution is 2.34. The topological polar surface area (TPSA) is 69.6 Å². The van der Waals surface area contributed by atoms with Gasteiger partial charge in [0.25, 0.3) is 11.5 Å². The number of carbonyl (C=O) groups is 1. The van der Waals surface area contributed by atoms with Crippen LogP contribution < -0.4 is 20.3 Å². The normalized spacial score (nSPS) is 13.5. The number of para-hydroxylation sites is 2. The number of hydrogen-bond donors (Lipinski definition) is 1. The molecule has 1 unspecified atom stereocenters. The van der Waals surface area contributed by atoms with E-state index in [0.29, 0.717) is 57.5 Å². The maximum atomic E-state index is 13.6. The molecule has 5 rings (SSSR count). The van der Waals surface area contributed by atoms with Crippen molar-refractivity contribution in [2.24, 2.45) is 0 Å². The molecule has 1 aliphatic heterocycles. The summed E-state index contributed by atoms with van der Waals surface area (Å²) in [6.07, 6.45) is 0. The number of halogens is 1. The van der Waals surface area contributed by atoms with Gasteiger partial charge in [-0.3, -0.25) is 14.2 Å². The molecule has 33 heavy (non-hydrogen) atoms. The van der Waals surface area contributed by atoms with Gasteiger partial charge >= 0.3 is 0 Å². The van der Waals surface area contributed by atoms with Gasteiger partial charge in [-0.25, -0.2) is 0 Å². The lowest BCUT2D eigenvalue weighted by Gasteiger charge is -2.23. The Labute approximate surface area is 195 Å². The Hall–Kier alpha value is -3.77. The van der Waals surface area contributed by atoms with E-state index in [9.17, 15) is 9.59 Å². The fraction of sp³-hybridized carbons (Fsp3) is 0.154. The Morgan fingerprint density at radius 2 is 1.76 bits per heavy atom. The Morgan fingerprint density at radius 1 is 1.00 bits per heavy atom. The van der Waals surface area contributed by atoms with Crippen molar-refractivity contribution in [1.82, 2.24) is 9.88 Å². The number of carbonyl (C=O) groups excluding carboxylic acids is 1. The van der Waals surface area contributed by atoms with Crippen LogP contribution in [0.15, 0.2) is 77.6 Å². The van der Waals surface area contributed by atoms with Gasteiger partial charge in [0, 0.05) is 11.4 Å². The van der Waals surface area contributed by atoms with Gasteiger partial charge in [-0.2, -0.15) is 0 Å². The van der Waals surface area contributed by atoms with Crippen LogP contribution >= 0.6 is 11.6 Å². The average molecular weight is 461 g/mol. The first-order valence-corrected chi connectivity index (χ1v) is 11.0. The van der Waals surface area contributed by atoms with Crippen molar-refractivity contribution in [2.45, 2.75) is 13.0 Å². The van der Waals surface area contributed by atoms with Crippen LogP contribution in [-0.2, 0) is 0 Å². The van der Waals surface area contributed by atoms with E-state index in [1.54, 1.807) is 34.9 Å². The summed E-state index contributed by atoms with van der Waals surface area (Å²) in [4.78, 5) is 26.7. The number of nitrogens with one attached hydrogen (secondary N) is 1. The maximum Gasteiger partial charge on any atom is 0.264 e. The molecular formula is C26H21ClN2O4. The van der Waals surface area contributed by atoms with Gasteiger partial charge in [-0.05, 0) is 48.7 Å². The molecule has 0 spiro atoms. The van der Waals surface area contributed by atoms with Crippen molar-refractivity contribution in [2.75, 3.05) is 13.2 Å². The summed E-state index contributed by atoms with van der Waals surface area (Å²) in [5.41, 5.74) is 1.47. The van der Waals surface area contributed by atoms with Crippen LogP contribution in [0.3, 0.4) is 0 Å². The molecular weight excluding hydrogens is 440 g/mol. The minimum Gasteiger partial charge on any atom is -0.486 e. The summed E-state index contributed by atoms with van der Waals surface area (Å²) in [6.45, 7) is 2.67. The van der Waals surface area contributed by atoms with Gasteiger partial charge in [0.2, 0.25) is 0 Å². The molecule has 0 radical (unpaired) electrons. The Kier molecular flexibility index (Phi) is 5.52. The molecule has 1 aliphatic rings. The number of nitrogens with zero attached hydrogens (tertiary/aromatic N) is 1. The predicted molar refractivity (Wildman–Crippen MR) is 128 cm³/mol. The first-order chi connectivity index (χ1) is 16.0. The number of rotatable bonds is 4. The fourth-order valence-electron chi connectivity index (χ4n) is 4.10. The molecule has 2 heterocycles. The Bertz CT molecular complexity index is 1420. The first-order valence-electron chi connectivity index (χ1n) is 10.6. The van der Waals surface area contributed by atoms with Gasteiger partial charge in [-0.1, -0.05) is 48.0 Å². The number of benzene rings is 3. The van der Waals surface area contributed by atoms with Crippen LogP contribution in [-0.4, -0.2) is 23.7 Å². The van der Waals surface area contributed by atoms with Crippen LogP contribution in [0, 0.1) is 0 Å². The number of pyridine rings is 1. The van der Waals surface area contributed by atoms with Gasteiger partial charge in [0.15, 0.2) is 11.5 Å². The van der Waals surface area contributed by atoms with Crippen LogP contribution in [0.25, 0.3) is 16.5 Å². The second-order valence-corrected chi connectivity index (χ2v) is 8.18. The van der Waals surface area contributed by atoms with E-state index in [0.717, 1.165) is 0 Å². The van der Waals surface area contributed by atoms with E-state index in [-0.39, 0.29) is 11.5 Å². The molecule has 1 aromatic heterocycles. The van der Waals surface area contributed by atoms with Crippen molar-refractivity contribution >= 4 is 28.3 Å². The molecule has 6 nitrogen and oxygen atoms in total. The minimum atomic E-state index is -0.492. The lowest BCUT2D eigenvalue weighted by molar-refractivity contribution is 0.0927. The molecule has 0 bridgehead atoms. The molecule has 1 amide bonds. The highest BCUT2D eigenvalue weighted by atomic mass is 35.5. The van der Waals surface area contributed by atoms with Crippen molar-refractivity contribution in [3.63, 3.8) is 0 Å². The van der Waals surface area contributed by atoms with Crippen LogP contribution in [0.2, 0.25) is 5.02 Å². The van der Waals surface area contributed by atoms with E-state index in [1.165, 1.54) is 0 Å². The van der Waals surface area contributed by atoms with E-state index in [4.69, 9.17) is 21.1 Å². The molecule has 0 aliphatic carbocycles. The van der Waals surface area contributed by atoms with Crippen LogP contribution in [0.5, 0.6) is 11.5 Å². The molecule has 3 aromatic carbocycles. The second-order valence-electron chi connectivity index (χ2n) is 7.77. The first kappa shape index (κ1) is 21.1. The molecule has 1 atom stereocenters. The summed E-state index contributed by atoms with van der Waals surface area (Å²) in [5.74, 6) is 0.658. The summed E-state index contributed by atoms with van der Waals surface area (Å²) in [6, 6.07) is 21.3. The molecule has 0 saturated carbocycles. The third-order valence-corrected chi connectivity index (χ3v) is 5.96. The summed E-state index contributed by atoms with van der Waals surface area (Å²) in [5, 5.41) is 4.55. The molecule has 0 saturated heterocycles. The van der Waals surface area contributed by atoms with Crippen molar-refractivity contribution in [3.05, 3.63) is 99.4 Å². The quantitative estimate of drug-likeness (QED) is 0.470. The lowest BCUT2D eigenvalue weighted by Crippen LogP contribution is -2.32. The van der Waals surface area contributed by atoms with Gasteiger partial charge < -0.3 is 14.8 Å². The number of aromatic nitrogens is 1.